The highest BCUT2D eigenvalue weighted by atomic mass is 19.4. The molecule has 0 saturated heterocycles. The fraction of sp³-hybridized carbons (Fsp3) is 0.222. The number of nitrogens with zero attached hydrogens (tertiary/aromatic N) is 1. The SMILES string of the molecule is C/C=C\C=C/C1=CC(O)N(Cc2cc(C(=O)O)cc(C(F)(F)F)c2)C1=O. The molecule has 26 heavy (non-hydrogen) atoms. The van der Waals surface area contributed by atoms with Crippen LogP contribution in [0.15, 0.2) is 54.2 Å². The van der Waals surface area contributed by atoms with E-state index in [9.17, 15) is 27.9 Å². The molecule has 0 bridgehead atoms. The molecule has 0 radical (unpaired) electrons. The molecule has 1 aliphatic rings. The Kier molecular flexibility index (Phi) is 5.66. The third-order valence-electron chi connectivity index (χ3n) is 3.66. The number of hydrogen-bond acceptors (Lipinski definition) is 3. The number of alkyl halides is 3. The lowest BCUT2D eigenvalue weighted by atomic mass is 10.0. The number of rotatable bonds is 5. The molecule has 8 heteroatoms. The fourth-order valence-electron chi connectivity index (χ4n) is 2.44. The first-order chi connectivity index (χ1) is 12.1. The number of aromatic carboxylic acids is 1. The van der Waals surface area contributed by atoms with Crippen LogP contribution < -0.4 is 0 Å². The lowest BCUT2D eigenvalue weighted by molar-refractivity contribution is -0.137. The van der Waals surface area contributed by atoms with Gasteiger partial charge in [-0.15, -0.1) is 0 Å². The maximum Gasteiger partial charge on any atom is 0.416 e. The third-order valence-corrected chi connectivity index (χ3v) is 3.66. The predicted molar refractivity (Wildman–Crippen MR) is 87.0 cm³/mol. The van der Waals surface area contributed by atoms with Crippen molar-refractivity contribution in [1.29, 1.82) is 0 Å². The molecule has 0 aromatic heterocycles. The molecule has 1 amide bonds. The molecule has 0 aliphatic carbocycles. The summed E-state index contributed by atoms with van der Waals surface area (Å²) in [5, 5.41) is 19.0. The van der Waals surface area contributed by atoms with Crippen molar-refractivity contribution in [3.05, 3.63) is 70.8 Å². The van der Waals surface area contributed by atoms with Crippen molar-refractivity contribution >= 4 is 11.9 Å². The number of amides is 1. The molecule has 138 valence electrons. The van der Waals surface area contributed by atoms with E-state index < -0.39 is 35.4 Å². The first kappa shape index (κ1) is 19.5. The van der Waals surface area contributed by atoms with Crippen molar-refractivity contribution in [2.75, 3.05) is 0 Å². The molecule has 1 heterocycles. The zero-order chi connectivity index (χ0) is 19.5. The van der Waals surface area contributed by atoms with E-state index in [1.807, 2.05) is 0 Å². The number of halogens is 3. The number of carboxylic acid groups (broad SMARTS) is 1. The Balaban J connectivity index is 2.30. The molecule has 1 aromatic rings. The number of aliphatic hydroxyl groups is 1. The molecule has 1 atom stereocenters. The summed E-state index contributed by atoms with van der Waals surface area (Å²) < 4.78 is 38.9. The Morgan fingerprint density at radius 2 is 1.96 bits per heavy atom. The van der Waals surface area contributed by atoms with Gasteiger partial charge in [-0.25, -0.2) is 4.79 Å². The number of carboxylic acids is 1. The fourth-order valence-corrected chi connectivity index (χ4v) is 2.44. The number of carbonyl (C=O) groups excluding carboxylic acids is 1. The summed E-state index contributed by atoms with van der Waals surface area (Å²) in [5.41, 5.74) is -1.52. The smallest absolute Gasteiger partial charge is 0.416 e. The number of carbonyl (C=O) groups is 2. The molecular formula is C18H16F3NO4. The molecular weight excluding hydrogens is 351 g/mol. The van der Waals surface area contributed by atoms with E-state index >= 15 is 0 Å². The van der Waals surface area contributed by atoms with Crippen LogP contribution in [0.5, 0.6) is 0 Å². The summed E-state index contributed by atoms with van der Waals surface area (Å²) in [5.74, 6) is -2.08. The Bertz CT molecular complexity index is 809. The average Bonchev–Trinajstić information content (AvgIpc) is 2.82. The van der Waals surface area contributed by atoms with Crippen molar-refractivity contribution in [3.63, 3.8) is 0 Å². The van der Waals surface area contributed by atoms with Gasteiger partial charge in [-0.1, -0.05) is 18.2 Å². The van der Waals surface area contributed by atoms with E-state index in [2.05, 4.69) is 0 Å². The summed E-state index contributed by atoms with van der Waals surface area (Å²) in [6.45, 7) is 1.42. The van der Waals surface area contributed by atoms with Crippen molar-refractivity contribution in [2.45, 2.75) is 25.9 Å². The van der Waals surface area contributed by atoms with E-state index in [0.717, 1.165) is 17.0 Å². The van der Waals surface area contributed by atoms with Crippen LogP contribution >= 0.6 is 0 Å². The summed E-state index contributed by atoms with van der Waals surface area (Å²) in [7, 11) is 0. The Hall–Kier alpha value is -2.87. The largest absolute Gasteiger partial charge is 0.478 e. The highest BCUT2D eigenvalue weighted by molar-refractivity contribution is 5.98. The van der Waals surface area contributed by atoms with Crippen LogP contribution in [-0.4, -0.2) is 33.2 Å². The van der Waals surface area contributed by atoms with Gasteiger partial charge in [0.2, 0.25) is 0 Å². The van der Waals surface area contributed by atoms with Gasteiger partial charge < -0.3 is 15.1 Å². The molecule has 2 rings (SSSR count). The van der Waals surface area contributed by atoms with Crippen LogP contribution in [0.4, 0.5) is 13.2 Å². The standard InChI is InChI=1S/C18H16F3NO4/c1-2-3-4-5-12-9-15(23)22(16(12)24)10-11-6-13(17(25)26)8-14(7-11)18(19,20)21/h2-9,15,23H,10H2,1H3,(H,25,26)/b3-2-,5-4-. The number of hydrogen-bond donors (Lipinski definition) is 2. The molecule has 1 aromatic carbocycles. The molecule has 1 unspecified atom stereocenters. The molecule has 0 fully saturated rings. The highest BCUT2D eigenvalue weighted by Crippen LogP contribution is 2.31. The second kappa shape index (κ2) is 7.57. The van der Waals surface area contributed by atoms with Crippen LogP contribution in [0.3, 0.4) is 0 Å². The number of allylic oxidation sites excluding steroid dienone is 3. The van der Waals surface area contributed by atoms with E-state index in [-0.39, 0.29) is 17.7 Å². The molecule has 0 saturated carbocycles. The zero-order valence-electron chi connectivity index (χ0n) is 13.7. The molecule has 2 N–H and O–H groups in total. The van der Waals surface area contributed by atoms with Gasteiger partial charge in [0.15, 0.2) is 0 Å². The predicted octanol–water partition coefficient (Wildman–Crippen LogP) is 3.12. The van der Waals surface area contributed by atoms with Crippen molar-refractivity contribution in [2.24, 2.45) is 0 Å². The van der Waals surface area contributed by atoms with Crippen LogP contribution in [0.2, 0.25) is 0 Å². The van der Waals surface area contributed by atoms with E-state index in [1.54, 1.807) is 25.2 Å². The van der Waals surface area contributed by atoms with E-state index in [4.69, 9.17) is 5.11 Å². The quantitative estimate of drug-likeness (QED) is 0.784. The first-order valence-electron chi connectivity index (χ1n) is 7.58. The van der Waals surface area contributed by atoms with Crippen molar-refractivity contribution in [1.82, 2.24) is 4.90 Å². The van der Waals surface area contributed by atoms with Gasteiger partial charge in [-0.3, -0.25) is 4.79 Å². The lowest BCUT2D eigenvalue weighted by Crippen LogP contribution is -2.33. The summed E-state index contributed by atoms with van der Waals surface area (Å²) in [6, 6.07) is 2.34. The number of benzene rings is 1. The summed E-state index contributed by atoms with van der Waals surface area (Å²) in [6.07, 6.45) is 1.71. The zero-order valence-corrected chi connectivity index (χ0v) is 13.7. The number of aliphatic hydroxyl groups excluding tert-OH is 1. The van der Waals surface area contributed by atoms with Crippen LogP contribution in [0, 0.1) is 0 Å². The normalized spacial score (nSPS) is 18.2. The minimum atomic E-state index is -4.73. The third kappa shape index (κ3) is 4.40. The minimum Gasteiger partial charge on any atom is -0.478 e. The second-order valence-corrected chi connectivity index (χ2v) is 5.58. The molecule has 0 spiro atoms. The second-order valence-electron chi connectivity index (χ2n) is 5.58. The maximum absolute atomic E-state index is 13.0. The van der Waals surface area contributed by atoms with Crippen molar-refractivity contribution < 1.29 is 33.0 Å². The van der Waals surface area contributed by atoms with E-state index in [1.165, 1.54) is 12.2 Å². The van der Waals surface area contributed by atoms with Gasteiger partial charge >= 0.3 is 12.1 Å². The topological polar surface area (TPSA) is 77.8 Å². The van der Waals surface area contributed by atoms with Gasteiger partial charge in [0, 0.05) is 12.1 Å². The first-order valence-corrected chi connectivity index (χ1v) is 7.58. The lowest BCUT2D eigenvalue weighted by Gasteiger charge is -2.21. The highest BCUT2D eigenvalue weighted by Gasteiger charge is 2.33. The Labute approximate surface area is 147 Å². The van der Waals surface area contributed by atoms with Crippen LogP contribution in [-0.2, 0) is 17.5 Å². The maximum atomic E-state index is 13.0. The van der Waals surface area contributed by atoms with Gasteiger partial charge in [0.1, 0.15) is 6.23 Å². The minimum absolute atomic E-state index is 0.0447. The summed E-state index contributed by atoms with van der Waals surface area (Å²) in [4.78, 5) is 24.3. The monoisotopic (exact) mass is 367 g/mol. The van der Waals surface area contributed by atoms with Gasteiger partial charge in [-0.2, -0.15) is 13.2 Å². The van der Waals surface area contributed by atoms with Crippen LogP contribution in [0.1, 0.15) is 28.4 Å². The molecule has 5 nitrogen and oxygen atoms in total. The Morgan fingerprint density at radius 1 is 1.27 bits per heavy atom. The van der Waals surface area contributed by atoms with Gasteiger partial charge in [0.05, 0.1) is 11.1 Å². The van der Waals surface area contributed by atoms with Gasteiger partial charge in [0.25, 0.3) is 5.91 Å². The van der Waals surface area contributed by atoms with Crippen LogP contribution in [0.25, 0.3) is 0 Å². The van der Waals surface area contributed by atoms with Crippen molar-refractivity contribution in [3.8, 4) is 0 Å². The molecule has 1 aliphatic heterocycles. The Morgan fingerprint density at radius 3 is 2.54 bits per heavy atom. The van der Waals surface area contributed by atoms with E-state index in [0.29, 0.717) is 6.07 Å². The summed E-state index contributed by atoms with van der Waals surface area (Å²) >= 11 is 0. The average molecular weight is 367 g/mol. The van der Waals surface area contributed by atoms with Gasteiger partial charge in [-0.05, 0) is 42.8 Å².